The largest absolute Gasteiger partial charge is 0.456 e. The van der Waals surface area contributed by atoms with Gasteiger partial charge < -0.3 is 9.64 Å². The van der Waals surface area contributed by atoms with E-state index in [-0.39, 0.29) is 0 Å². The summed E-state index contributed by atoms with van der Waals surface area (Å²) < 4.78 is 6.10. The Balaban J connectivity index is 1.99. The van der Waals surface area contributed by atoms with E-state index in [1.54, 1.807) is 0 Å². The fraction of sp³-hybridized carbons (Fsp3) is 0.294. The van der Waals surface area contributed by atoms with Crippen LogP contribution in [0, 0.1) is 0 Å². The molecule has 0 saturated carbocycles. The van der Waals surface area contributed by atoms with E-state index in [1.165, 1.54) is 0 Å². The van der Waals surface area contributed by atoms with Crippen LogP contribution in [-0.4, -0.2) is 39.1 Å². The van der Waals surface area contributed by atoms with Crippen molar-refractivity contribution in [2.45, 2.75) is 6.04 Å². The zero-order valence-corrected chi connectivity index (χ0v) is 12.4. The minimum Gasteiger partial charge on any atom is -0.456 e. The van der Waals surface area contributed by atoms with E-state index in [2.05, 4.69) is 66.4 Å². The third-order valence-corrected chi connectivity index (χ3v) is 3.72. The van der Waals surface area contributed by atoms with Crippen LogP contribution < -0.4 is 9.64 Å². The molecule has 0 amide bonds. The minimum atomic E-state index is 0.292. The van der Waals surface area contributed by atoms with Gasteiger partial charge in [-0.2, -0.15) is 0 Å². The maximum absolute atomic E-state index is 6.10. The fourth-order valence-electron chi connectivity index (χ4n) is 2.42. The number of nitrogens with zero attached hydrogens (tertiary/aromatic N) is 2. The van der Waals surface area contributed by atoms with Gasteiger partial charge in [-0.1, -0.05) is 12.2 Å². The van der Waals surface area contributed by atoms with Gasteiger partial charge in [0.1, 0.15) is 11.5 Å². The maximum Gasteiger partial charge on any atom is 0.136 e. The molecule has 3 heteroatoms. The summed E-state index contributed by atoms with van der Waals surface area (Å²) in [6.07, 6.45) is 8.68. The number of benzene rings is 1. The summed E-state index contributed by atoms with van der Waals surface area (Å²) in [7, 11) is 8.22. The van der Waals surface area contributed by atoms with Gasteiger partial charge in [-0.05, 0) is 38.4 Å². The van der Waals surface area contributed by atoms with Crippen molar-refractivity contribution in [2.75, 3.05) is 33.1 Å². The predicted molar refractivity (Wildman–Crippen MR) is 84.1 cm³/mol. The third kappa shape index (κ3) is 2.25. The van der Waals surface area contributed by atoms with Crippen molar-refractivity contribution in [3.63, 3.8) is 0 Å². The lowest BCUT2D eigenvalue weighted by atomic mass is 9.98. The molecule has 3 nitrogen and oxygen atoms in total. The van der Waals surface area contributed by atoms with Crippen LogP contribution in [0.4, 0.5) is 5.69 Å². The molecule has 20 heavy (non-hydrogen) atoms. The lowest BCUT2D eigenvalue weighted by Crippen LogP contribution is -2.27. The molecule has 1 aromatic rings. The molecule has 0 aromatic heterocycles. The Morgan fingerprint density at radius 1 is 1.10 bits per heavy atom. The molecule has 0 bridgehead atoms. The topological polar surface area (TPSA) is 15.7 Å². The second kappa shape index (κ2) is 4.84. The normalized spacial score (nSPS) is 19.8. The average Bonchev–Trinajstić information content (AvgIpc) is 2.43. The van der Waals surface area contributed by atoms with E-state index in [0.29, 0.717) is 6.04 Å². The highest BCUT2D eigenvalue weighted by Gasteiger charge is 2.21. The van der Waals surface area contributed by atoms with Crippen molar-refractivity contribution in [2.24, 2.45) is 0 Å². The molecule has 1 aliphatic carbocycles. The Bertz CT molecular complexity index is 624. The zero-order valence-electron chi connectivity index (χ0n) is 12.4. The number of anilines is 1. The second-order valence-corrected chi connectivity index (χ2v) is 5.66. The Labute approximate surface area is 120 Å². The van der Waals surface area contributed by atoms with Gasteiger partial charge in [0.2, 0.25) is 0 Å². The van der Waals surface area contributed by atoms with E-state index in [1.807, 2.05) is 14.1 Å². The molecule has 0 fully saturated rings. The monoisotopic (exact) mass is 268 g/mol. The van der Waals surface area contributed by atoms with Gasteiger partial charge in [0, 0.05) is 43.0 Å². The number of hydrogen-bond acceptors (Lipinski definition) is 3. The molecule has 104 valence electrons. The molecule has 0 spiro atoms. The number of rotatable bonds is 2. The summed E-state index contributed by atoms with van der Waals surface area (Å²) in [5.41, 5.74) is 3.43. The van der Waals surface area contributed by atoms with Gasteiger partial charge in [0.25, 0.3) is 0 Å². The molecule has 1 heterocycles. The van der Waals surface area contributed by atoms with E-state index < -0.39 is 0 Å². The Kier molecular flexibility index (Phi) is 3.14. The predicted octanol–water partition coefficient (Wildman–Crippen LogP) is 2.91. The third-order valence-electron chi connectivity index (χ3n) is 3.72. The van der Waals surface area contributed by atoms with Crippen molar-refractivity contribution in [3.05, 3.63) is 53.3 Å². The summed E-state index contributed by atoms with van der Waals surface area (Å²) in [5, 5.41) is 0. The van der Waals surface area contributed by atoms with Gasteiger partial charge in [0.05, 0.1) is 0 Å². The van der Waals surface area contributed by atoms with Crippen LogP contribution >= 0.6 is 0 Å². The SMILES string of the molecule is CN(C)c1ccc2c(c1)OC1=CC(N(C)C)C=CC1=C2. The number of ether oxygens (including phenoxy) is 1. The molecule has 3 rings (SSSR count). The van der Waals surface area contributed by atoms with Crippen molar-refractivity contribution in [3.8, 4) is 5.75 Å². The first-order valence-corrected chi connectivity index (χ1v) is 6.82. The molecular weight excluding hydrogens is 248 g/mol. The van der Waals surface area contributed by atoms with Gasteiger partial charge in [-0.25, -0.2) is 0 Å². The standard InChI is InChI=1S/C17H20N2O/c1-18(2)14-7-5-12-9-13-6-8-15(19(3)4)11-17(13)20-16(12)10-14/h5-11,14H,1-4H3. The first-order valence-electron chi connectivity index (χ1n) is 6.82. The van der Waals surface area contributed by atoms with Crippen LogP contribution in [0.3, 0.4) is 0 Å². The summed E-state index contributed by atoms with van der Waals surface area (Å²) in [6.45, 7) is 0. The number of likely N-dealkylation sites (N-methyl/N-ethyl adjacent to an activating group) is 1. The molecule has 1 aliphatic heterocycles. The minimum absolute atomic E-state index is 0.292. The van der Waals surface area contributed by atoms with Crippen LogP contribution in [0.25, 0.3) is 6.08 Å². The van der Waals surface area contributed by atoms with Gasteiger partial charge in [-0.3, -0.25) is 4.90 Å². The van der Waals surface area contributed by atoms with Gasteiger partial charge in [0.15, 0.2) is 0 Å². The van der Waals surface area contributed by atoms with E-state index in [0.717, 1.165) is 28.3 Å². The Hall–Kier alpha value is -2.00. The number of hydrogen-bond donors (Lipinski definition) is 0. The molecule has 2 aliphatic rings. The van der Waals surface area contributed by atoms with E-state index in [4.69, 9.17) is 4.74 Å². The fourth-order valence-corrected chi connectivity index (χ4v) is 2.42. The first-order chi connectivity index (χ1) is 9.54. The molecule has 0 N–H and O–H groups in total. The van der Waals surface area contributed by atoms with Crippen LogP contribution in [0.2, 0.25) is 0 Å². The lowest BCUT2D eigenvalue weighted by molar-refractivity contribution is 0.368. The molecule has 1 unspecified atom stereocenters. The lowest BCUT2D eigenvalue weighted by Gasteiger charge is -2.27. The smallest absolute Gasteiger partial charge is 0.136 e. The molecule has 1 atom stereocenters. The Morgan fingerprint density at radius 2 is 1.90 bits per heavy atom. The van der Waals surface area contributed by atoms with Gasteiger partial charge in [-0.15, -0.1) is 0 Å². The molecule has 0 radical (unpaired) electrons. The van der Waals surface area contributed by atoms with Crippen LogP contribution in [0.15, 0.2) is 47.8 Å². The molecular formula is C17H20N2O. The average molecular weight is 268 g/mol. The van der Waals surface area contributed by atoms with Crippen molar-refractivity contribution >= 4 is 11.8 Å². The quantitative estimate of drug-likeness (QED) is 0.820. The van der Waals surface area contributed by atoms with Crippen molar-refractivity contribution < 1.29 is 4.74 Å². The highest BCUT2D eigenvalue weighted by atomic mass is 16.5. The highest BCUT2D eigenvalue weighted by Crippen LogP contribution is 2.36. The van der Waals surface area contributed by atoms with Crippen LogP contribution in [0.1, 0.15) is 5.56 Å². The molecule has 1 aromatic carbocycles. The molecule has 0 saturated heterocycles. The highest BCUT2D eigenvalue weighted by molar-refractivity contribution is 5.72. The van der Waals surface area contributed by atoms with Crippen molar-refractivity contribution in [1.29, 1.82) is 0 Å². The second-order valence-electron chi connectivity index (χ2n) is 5.66. The summed E-state index contributed by atoms with van der Waals surface area (Å²) in [4.78, 5) is 4.25. The Morgan fingerprint density at radius 3 is 2.60 bits per heavy atom. The maximum atomic E-state index is 6.10. The zero-order chi connectivity index (χ0) is 14.3. The first kappa shape index (κ1) is 13.0. The summed E-state index contributed by atoms with van der Waals surface area (Å²) in [6, 6.07) is 6.61. The summed E-state index contributed by atoms with van der Waals surface area (Å²) >= 11 is 0. The number of allylic oxidation sites excluding steroid dienone is 1. The van der Waals surface area contributed by atoms with Crippen molar-refractivity contribution in [1.82, 2.24) is 4.90 Å². The van der Waals surface area contributed by atoms with Crippen LogP contribution in [-0.2, 0) is 0 Å². The summed E-state index contributed by atoms with van der Waals surface area (Å²) in [5.74, 6) is 1.88. The van der Waals surface area contributed by atoms with Crippen LogP contribution in [0.5, 0.6) is 5.75 Å². The van der Waals surface area contributed by atoms with E-state index in [9.17, 15) is 0 Å². The van der Waals surface area contributed by atoms with Gasteiger partial charge >= 0.3 is 0 Å². The van der Waals surface area contributed by atoms with E-state index >= 15 is 0 Å². The number of fused-ring (bicyclic) bond motifs is 2.